The summed E-state index contributed by atoms with van der Waals surface area (Å²) in [4.78, 5) is 11.9. The zero-order valence-electron chi connectivity index (χ0n) is 14.4. The van der Waals surface area contributed by atoms with E-state index in [-0.39, 0.29) is 5.56 Å². The Bertz CT molecular complexity index is 486. The topological polar surface area (TPSA) is 29.1 Å². The molecule has 0 atom stereocenters. The monoisotopic (exact) mass is 343 g/mol. The van der Waals surface area contributed by atoms with Gasteiger partial charge in [-0.05, 0) is 18.6 Å². The number of halogens is 3. The molecule has 1 rings (SSSR count). The SMILES string of the molecule is CCCCCCCCCCCNC(=O)c1ccccc1C(F)(F)F. The lowest BCUT2D eigenvalue weighted by atomic mass is 10.1. The molecule has 0 saturated heterocycles. The molecule has 136 valence electrons. The Kier molecular flexibility index (Phi) is 9.50. The highest BCUT2D eigenvalue weighted by Crippen LogP contribution is 2.31. The summed E-state index contributed by atoms with van der Waals surface area (Å²) in [5.41, 5.74) is -1.18. The Morgan fingerprint density at radius 2 is 1.46 bits per heavy atom. The number of unbranched alkanes of at least 4 members (excludes halogenated alkanes) is 8. The third-order valence-corrected chi connectivity index (χ3v) is 4.04. The molecular weight excluding hydrogens is 315 g/mol. The lowest BCUT2D eigenvalue weighted by Gasteiger charge is -2.12. The minimum atomic E-state index is -4.51. The van der Waals surface area contributed by atoms with Crippen LogP contribution >= 0.6 is 0 Å². The van der Waals surface area contributed by atoms with Crippen LogP contribution in [0.4, 0.5) is 13.2 Å². The molecule has 0 heterocycles. The van der Waals surface area contributed by atoms with Crippen LogP contribution in [0.5, 0.6) is 0 Å². The highest BCUT2D eigenvalue weighted by molar-refractivity contribution is 5.95. The van der Waals surface area contributed by atoms with Gasteiger partial charge in [0, 0.05) is 6.54 Å². The smallest absolute Gasteiger partial charge is 0.352 e. The van der Waals surface area contributed by atoms with Gasteiger partial charge in [0.2, 0.25) is 0 Å². The third kappa shape index (κ3) is 7.84. The normalized spacial score (nSPS) is 11.5. The molecule has 0 bridgehead atoms. The molecule has 2 nitrogen and oxygen atoms in total. The molecule has 1 amide bonds. The standard InChI is InChI=1S/C19H28F3NO/c1-2-3-4-5-6-7-8-9-12-15-23-18(24)16-13-10-11-14-17(16)19(20,21)22/h10-11,13-14H,2-9,12,15H2,1H3,(H,23,24). The van der Waals surface area contributed by atoms with Crippen molar-refractivity contribution in [2.24, 2.45) is 0 Å². The van der Waals surface area contributed by atoms with Gasteiger partial charge in [-0.1, -0.05) is 70.4 Å². The number of carbonyl (C=O) groups is 1. The van der Waals surface area contributed by atoms with E-state index in [1.54, 1.807) is 0 Å². The van der Waals surface area contributed by atoms with E-state index < -0.39 is 17.6 Å². The molecule has 0 aromatic heterocycles. The first-order chi connectivity index (χ1) is 11.5. The average molecular weight is 343 g/mol. The summed E-state index contributed by atoms with van der Waals surface area (Å²) in [6.45, 7) is 2.61. The van der Waals surface area contributed by atoms with E-state index in [0.717, 1.165) is 25.3 Å². The molecule has 0 spiro atoms. The summed E-state index contributed by atoms with van der Waals surface area (Å²) < 4.78 is 38.6. The maximum atomic E-state index is 12.9. The summed E-state index contributed by atoms with van der Waals surface area (Å²) in [6, 6.07) is 4.89. The minimum Gasteiger partial charge on any atom is -0.352 e. The number of rotatable bonds is 11. The first-order valence-corrected chi connectivity index (χ1v) is 8.91. The van der Waals surface area contributed by atoms with Crippen LogP contribution in [0.2, 0.25) is 0 Å². The maximum absolute atomic E-state index is 12.9. The fourth-order valence-corrected chi connectivity index (χ4v) is 2.66. The Morgan fingerprint density at radius 1 is 0.917 bits per heavy atom. The van der Waals surface area contributed by atoms with Gasteiger partial charge >= 0.3 is 6.18 Å². The second kappa shape index (κ2) is 11.1. The highest BCUT2D eigenvalue weighted by atomic mass is 19.4. The number of amides is 1. The molecule has 0 unspecified atom stereocenters. The van der Waals surface area contributed by atoms with Gasteiger partial charge in [0.1, 0.15) is 0 Å². The number of alkyl halides is 3. The van der Waals surface area contributed by atoms with Crippen molar-refractivity contribution in [1.29, 1.82) is 0 Å². The van der Waals surface area contributed by atoms with Crippen LogP contribution in [0.15, 0.2) is 24.3 Å². The fraction of sp³-hybridized carbons (Fsp3) is 0.632. The zero-order chi connectivity index (χ0) is 17.8. The molecule has 0 aliphatic carbocycles. The molecular formula is C19H28F3NO. The van der Waals surface area contributed by atoms with Gasteiger partial charge in [-0.15, -0.1) is 0 Å². The third-order valence-electron chi connectivity index (χ3n) is 4.04. The van der Waals surface area contributed by atoms with Gasteiger partial charge in [0.15, 0.2) is 0 Å². The van der Waals surface area contributed by atoms with Crippen molar-refractivity contribution < 1.29 is 18.0 Å². The molecule has 0 aliphatic rings. The Labute approximate surface area is 142 Å². The first kappa shape index (κ1) is 20.5. The van der Waals surface area contributed by atoms with Crippen molar-refractivity contribution in [3.8, 4) is 0 Å². The minimum absolute atomic E-state index is 0.305. The van der Waals surface area contributed by atoms with Gasteiger partial charge in [-0.25, -0.2) is 0 Å². The fourth-order valence-electron chi connectivity index (χ4n) is 2.66. The number of carbonyl (C=O) groups excluding carboxylic acids is 1. The van der Waals surface area contributed by atoms with Crippen LogP contribution in [0.3, 0.4) is 0 Å². The second-order valence-corrected chi connectivity index (χ2v) is 6.13. The van der Waals surface area contributed by atoms with Crippen LogP contribution in [-0.4, -0.2) is 12.5 Å². The lowest BCUT2D eigenvalue weighted by Crippen LogP contribution is -2.27. The summed E-state index contributed by atoms with van der Waals surface area (Å²) in [5.74, 6) is -0.650. The van der Waals surface area contributed by atoms with Gasteiger partial charge in [-0.2, -0.15) is 13.2 Å². The van der Waals surface area contributed by atoms with Crippen molar-refractivity contribution in [3.05, 3.63) is 35.4 Å². The lowest BCUT2D eigenvalue weighted by molar-refractivity contribution is -0.137. The van der Waals surface area contributed by atoms with E-state index in [2.05, 4.69) is 12.2 Å². The maximum Gasteiger partial charge on any atom is 0.417 e. The second-order valence-electron chi connectivity index (χ2n) is 6.13. The molecule has 1 aromatic carbocycles. The van der Waals surface area contributed by atoms with Crippen molar-refractivity contribution in [2.75, 3.05) is 6.54 Å². The van der Waals surface area contributed by atoms with Crippen LogP contribution < -0.4 is 5.32 Å². The van der Waals surface area contributed by atoms with Crippen molar-refractivity contribution in [2.45, 2.75) is 70.9 Å². The molecule has 0 aliphatic heterocycles. The number of nitrogens with one attached hydrogen (secondary N) is 1. The van der Waals surface area contributed by atoms with Gasteiger partial charge in [-0.3, -0.25) is 4.79 Å². The predicted molar refractivity (Wildman–Crippen MR) is 91.0 cm³/mol. The van der Waals surface area contributed by atoms with Gasteiger partial charge < -0.3 is 5.32 Å². The van der Waals surface area contributed by atoms with Crippen molar-refractivity contribution in [1.82, 2.24) is 5.32 Å². The largest absolute Gasteiger partial charge is 0.417 e. The van der Waals surface area contributed by atoms with Crippen molar-refractivity contribution >= 4 is 5.91 Å². The van der Waals surface area contributed by atoms with Gasteiger partial charge in [0.05, 0.1) is 11.1 Å². The van der Waals surface area contributed by atoms with Crippen LogP contribution in [0, 0.1) is 0 Å². The van der Waals surface area contributed by atoms with Crippen LogP contribution in [0.25, 0.3) is 0 Å². The van der Waals surface area contributed by atoms with Crippen molar-refractivity contribution in [3.63, 3.8) is 0 Å². The first-order valence-electron chi connectivity index (χ1n) is 8.91. The molecule has 1 N–H and O–H groups in total. The molecule has 24 heavy (non-hydrogen) atoms. The predicted octanol–water partition coefficient (Wildman–Crippen LogP) is 5.97. The zero-order valence-corrected chi connectivity index (χ0v) is 14.4. The average Bonchev–Trinajstić information content (AvgIpc) is 2.55. The molecule has 0 fully saturated rings. The molecule has 5 heteroatoms. The summed E-state index contributed by atoms with van der Waals surface area (Å²) in [7, 11) is 0. The summed E-state index contributed by atoms with van der Waals surface area (Å²) in [6.07, 6.45) is 5.95. The quantitative estimate of drug-likeness (QED) is 0.493. The van der Waals surface area contributed by atoms with E-state index in [1.165, 1.54) is 56.7 Å². The summed E-state index contributed by atoms with van der Waals surface area (Å²) in [5, 5.41) is 2.59. The Morgan fingerprint density at radius 3 is 2.04 bits per heavy atom. The summed E-state index contributed by atoms with van der Waals surface area (Å²) >= 11 is 0. The number of hydrogen-bond acceptors (Lipinski definition) is 1. The van der Waals surface area contributed by atoms with E-state index >= 15 is 0 Å². The van der Waals surface area contributed by atoms with Crippen LogP contribution in [0.1, 0.15) is 80.6 Å². The van der Waals surface area contributed by atoms with E-state index in [9.17, 15) is 18.0 Å². The number of hydrogen-bond donors (Lipinski definition) is 1. The van der Waals surface area contributed by atoms with Crippen LogP contribution in [-0.2, 0) is 6.18 Å². The molecule has 0 radical (unpaired) electrons. The molecule has 0 saturated carbocycles. The van der Waals surface area contributed by atoms with E-state index in [0.29, 0.717) is 6.54 Å². The Hall–Kier alpha value is -1.52. The van der Waals surface area contributed by atoms with E-state index in [1.807, 2.05) is 0 Å². The molecule has 1 aromatic rings. The van der Waals surface area contributed by atoms with Gasteiger partial charge in [0.25, 0.3) is 5.91 Å². The highest BCUT2D eigenvalue weighted by Gasteiger charge is 2.34. The Balaban J connectivity index is 2.21. The van der Waals surface area contributed by atoms with E-state index in [4.69, 9.17) is 0 Å². The number of benzene rings is 1.